The molecule has 1 saturated heterocycles. The van der Waals surface area contributed by atoms with E-state index >= 15 is 0 Å². The molecule has 1 unspecified atom stereocenters. The molecule has 2 fully saturated rings. The summed E-state index contributed by atoms with van der Waals surface area (Å²) in [7, 11) is -1.41. The second-order valence-corrected chi connectivity index (χ2v) is 9.90. The van der Waals surface area contributed by atoms with Crippen molar-refractivity contribution < 1.29 is 18.0 Å². The predicted octanol–water partition coefficient (Wildman–Crippen LogP) is 1.42. The average Bonchev–Trinajstić information content (AvgIpc) is 3.33. The number of carbonyl (C=O) groups excluding carboxylic acids is 2. The summed E-state index contributed by atoms with van der Waals surface area (Å²) < 4.78 is 23.3. The third-order valence-electron chi connectivity index (χ3n) is 5.79. The Balaban J connectivity index is 1.53. The summed E-state index contributed by atoms with van der Waals surface area (Å²) in [6.07, 6.45) is 9.41. The molecule has 0 radical (unpaired) electrons. The molecule has 0 aromatic heterocycles. The van der Waals surface area contributed by atoms with Crippen LogP contribution in [0.5, 0.6) is 0 Å². The van der Waals surface area contributed by atoms with Gasteiger partial charge in [0.15, 0.2) is 9.84 Å². The second kappa shape index (κ2) is 7.09. The number of nitrogens with zero attached hydrogens (tertiary/aromatic N) is 1. The molecule has 1 atom stereocenters. The molecular formula is C18H28N2O4S. The van der Waals surface area contributed by atoms with Crippen LogP contribution in [-0.2, 0) is 19.4 Å². The number of nitrogens with one attached hydrogen (secondary N) is 1. The first kappa shape index (κ1) is 18.4. The van der Waals surface area contributed by atoms with Gasteiger partial charge in [0.05, 0.1) is 11.5 Å². The van der Waals surface area contributed by atoms with E-state index in [4.69, 9.17) is 0 Å². The van der Waals surface area contributed by atoms with Gasteiger partial charge in [-0.25, -0.2) is 8.42 Å². The Labute approximate surface area is 149 Å². The summed E-state index contributed by atoms with van der Waals surface area (Å²) in [5, 5.41) is 2.93. The van der Waals surface area contributed by atoms with E-state index in [9.17, 15) is 18.0 Å². The van der Waals surface area contributed by atoms with Crippen molar-refractivity contribution in [1.82, 2.24) is 10.2 Å². The summed E-state index contributed by atoms with van der Waals surface area (Å²) in [5.41, 5.74) is 0.443. The van der Waals surface area contributed by atoms with E-state index in [0.717, 1.165) is 19.3 Å². The Bertz CT molecular complexity index is 679. The van der Waals surface area contributed by atoms with Crippen LogP contribution < -0.4 is 5.32 Å². The summed E-state index contributed by atoms with van der Waals surface area (Å²) in [6.45, 7) is 0.571. The van der Waals surface area contributed by atoms with Gasteiger partial charge in [0, 0.05) is 19.6 Å². The maximum absolute atomic E-state index is 12.8. The molecule has 6 nitrogen and oxygen atoms in total. The minimum Gasteiger partial charge on any atom is -0.355 e. The van der Waals surface area contributed by atoms with Crippen LogP contribution in [0.1, 0.15) is 51.4 Å². The lowest BCUT2D eigenvalue weighted by molar-refractivity contribution is -0.144. The molecule has 7 heteroatoms. The van der Waals surface area contributed by atoms with Gasteiger partial charge in [-0.1, -0.05) is 11.6 Å². The Kier molecular flexibility index (Phi) is 5.23. The maximum Gasteiger partial charge on any atom is 0.238 e. The zero-order chi connectivity index (χ0) is 18.1. The third kappa shape index (κ3) is 4.07. The molecule has 1 heterocycles. The zero-order valence-electron chi connectivity index (χ0n) is 14.9. The summed E-state index contributed by atoms with van der Waals surface area (Å²) in [6, 6.07) is -0.296. The lowest BCUT2D eigenvalue weighted by Gasteiger charge is -2.27. The first-order chi connectivity index (χ1) is 11.8. The van der Waals surface area contributed by atoms with Gasteiger partial charge in [-0.3, -0.25) is 9.59 Å². The molecule has 0 aromatic carbocycles. The van der Waals surface area contributed by atoms with E-state index in [2.05, 4.69) is 11.4 Å². The average molecular weight is 368 g/mol. The summed E-state index contributed by atoms with van der Waals surface area (Å²) in [5.74, 6) is -0.268. The number of sulfone groups is 1. The number of hydrogen-bond donors (Lipinski definition) is 1. The number of carbonyl (C=O) groups is 2. The fourth-order valence-corrected chi connectivity index (χ4v) is 5.66. The number of hydrogen-bond acceptors (Lipinski definition) is 4. The first-order valence-corrected chi connectivity index (χ1v) is 11.1. The fraction of sp³-hybridized carbons (Fsp3) is 0.778. The number of rotatable bonds is 6. The van der Waals surface area contributed by atoms with Gasteiger partial charge in [0.2, 0.25) is 11.8 Å². The quantitative estimate of drug-likeness (QED) is 0.568. The molecule has 0 aromatic rings. The monoisotopic (exact) mass is 368 g/mol. The van der Waals surface area contributed by atoms with E-state index in [1.54, 1.807) is 7.05 Å². The highest BCUT2D eigenvalue weighted by molar-refractivity contribution is 7.91. The fourth-order valence-electron chi connectivity index (χ4n) is 3.88. The molecule has 2 aliphatic carbocycles. The number of allylic oxidation sites excluding steroid dienone is 1. The Morgan fingerprint density at radius 2 is 2.08 bits per heavy atom. The van der Waals surface area contributed by atoms with Crippen molar-refractivity contribution in [3.63, 3.8) is 0 Å². The van der Waals surface area contributed by atoms with Gasteiger partial charge in [-0.15, -0.1) is 0 Å². The molecule has 3 rings (SSSR count). The van der Waals surface area contributed by atoms with Gasteiger partial charge < -0.3 is 10.2 Å². The van der Waals surface area contributed by atoms with Crippen molar-refractivity contribution in [2.24, 2.45) is 5.41 Å². The second-order valence-electron chi connectivity index (χ2n) is 7.67. The smallest absolute Gasteiger partial charge is 0.238 e. The first-order valence-electron chi connectivity index (χ1n) is 9.28. The predicted molar refractivity (Wildman–Crippen MR) is 95.7 cm³/mol. The minimum absolute atomic E-state index is 0.0150. The van der Waals surface area contributed by atoms with E-state index in [1.165, 1.54) is 23.3 Å². The molecule has 1 saturated carbocycles. The highest BCUT2D eigenvalue weighted by atomic mass is 32.2. The van der Waals surface area contributed by atoms with Crippen molar-refractivity contribution in [3.8, 4) is 0 Å². The van der Waals surface area contributed by atoms with Crippen molar-refractivity contribution >= 4 is 21.7 Å². The van der Waals surface area contributed by atoms with E-state index in [0.29, 0.717) is 25.8 Å². The SMILES string of the molecule is CN(C(=O)C1(C(=O)NCCC2=CCCCC2)CC1)C1CCS(=O)(=O)C1. The maximum atomic E-state index is 12.8. The van der Waals surface area contributed by atoms with Gasteiger partial charge in [-0.2, -0.15) is 0 Å². The molecule has 3 aliphatic rings. The Morgan fingerprint density at radius 3 is 2.64 bits per heavy atom. The largest absolute Gasteiger partial charge is 0.355 e. The molecule has 1 N–H and O–H groups in total. The van der Waals surface area contributed by atoms with E-state index < -0.39 is 15.3 Å². The van der Waals surface area contributed by atoms with Gasteiger partial charge in [0.25, 0.3) is 0 Å². The van der Waals surface area contributed by atoms with Crippen molar-refractivity contribution in [2.75, 3.05) is 25.1 Å². The van der Waals surface area contributed by atoms with E-state index in [-0.39, 0.29) is 29.4 Å². The summed E-state index contributed by atoms with van der Waals surface area (Å²) >= 11 is 0. The molecular weight excluding hydrogens is 340 g/mol. The van der Waals surface area contributed by atoms with Crippen molar-refractivity contribution in [1.29, 1.82) is 0 Å². The van der Waals surface area contributed by atoms with Crippen LogP contribution in [0.2, 0.25) is 0 Å². The van der Waals surface area contributed by atoms with Crippen molar-refractivity contribution in [3.05, 3.63) is 11.6 Å². The van der Waals surface area contributed by atoms with Gasteiger partial charge in [0.1, 0.15) is 5.41 Å². The van der Waals surface area contributed by atoms with Crippen LogP contribution >= 0.6 is 0 Å². The zero-order valence-corrected chi connectivity index (χ0v) is 15.7. The molecule has 1 aliphatic heterocycles. The number of amides is 2. The topological polar surface area (TPSA) is 83.6 Å². The standard InChI is InChI=1S/C18H28N2O4S/c1-20(15-8-12-25(23,24)13-15)17(22)18(9-10-18)16(21)19-11-7-14-5-3-2-4-6-14/h5,15H,2-4,6-13H2,1H3,(H,19,21). The molecule has 140 valence electrons. The Hall–Kier alpha value is -1.37. The lowest BCUT2D eigenvalue weighted by atomic mass is 9.97. The van der Waals surface area contributed by atoms with Crippen molar-refractivity contribution in [2.45, 2.75) is 57.4 Å². The summed E-state index contributed by atoms with van der Waals surface area (Å²) in [4.78, 5) is 26.9. The highest BCUT2D eigenvalue weighted by Gasteiger charge is 2.58. The lowest BCUT2D eigenvalue weighted by Crippen LogP contribution is -2.48. The van der Waals surface area contributed by atoms with Gasteiger partial charge in [-0.05, 0) is 51.4 Å². The third-order valence-corrected chi connectivity index (χ3v) is 7.54. The van der Waals surface area contributed by atoms with Crippen LogP contribution in [0.4, 0.5) is 0 Å². The minimum atomic E-state index is -3.05. The van der Waals surface area contributed by atoms with Crippen LogP contribution in [0.15, 0.2) is 11.6 Å². The van der Waals surface area contributed by atoms with Crippen LogP contribution in [-0.4, -0.2) is 56.3 Å². The van der Waals surface area contributed by atoms with Crippen LogP contribution in [0.3, 0.4) is 0 Å². The van der Waals surface area contributed by atoms with Gasteiger partial charge >= 0.3 is 0 Å². The molecule has 25 heavy (non-hydrogen) atoms. The molecule has 0 bridgehead atoms. The Morgan fingerprint density at radius 1 is 1.32 bits per heavy atom. The van der Waals surface area contributed by atoms with Crippen LogP contribution in [0, 0.1) is 5.41 Å². The highest BCUT2D eigenvalue weighted by Crippen LogP contribution is 2.48. The molecule has 0 spiro atoms. The normalized spacial score (nSPS) is 26.6. The van der Waals surface area contributed by atoms with E-state index in [1.807, 2.05) is 0 Å². The van der Waals surface area contributed by atoms with Crippen LogP contribution in [0.25, 0.3) is 0 Å². The molecule has 2 amide bonds.